The van der Waals surface area contributed by atoms with Gasteiger partial charge in [-0.25, -0.2) is 0 Å². The zero-order valence-electron chi connectivity index (χ0n) is 17.4. The predicted molar refractivity (Wildman–Crippen MR) is 108 cm³/mol. The third-order valence-electron chi connectivity index (χ3n) is 4.70. The van der Waals surface area contributed by atoms with Crippen LogP contribution in [0.25, 0.3) is 0 Å². The van der Waals surface area contributed by atoms with Crippen LogP contribution in [0.15, 0.2) is 36.4 Å². The van der Waals surface area contributed by atoms with Crippen LogP contribution in [0.4, 0.5) is 0 Å². The minimum absolute atomic E-state index is 0.132. The lowest BCUT2D eigenvalue weighted by Gasteiger charge is -2.38. The molecule has 7 heteroatoms. The van der Waals surface area contributed by atoms with Crippen molar-refractivity contribution < 1.29 is 28.5 Å². The summed E-state index contributed by atoms with van der Waals surface area (Å²) in [6.07, 6.45) is 0.631. The summed E-state index contributed by atoms with van der Waals surface area (Å²) in [5, 5.41) is 3.05. The van der Waals surface area contributed by atoms with Crippen LogP contribution in [0, 0.1) is 0 Å². The number of carbonyl (C=O) groups excluding carboxylic acids is 1. The third kappa shape index (κ3) is 5.04. The lowest BCUT2D eigenvalue weighted by Crippen LogP contribution is -2.42. The van der Waals surface area contributed by atoms with E-state index in [1.54, 1.807) is 39.5 Å². The minimum Gasteiger partial charge on any atom is -0.497 e. The van der Waals surface area contributed by atoms with Gasteiger partial charge in [0.05, 0.1) is 27.4 Å². The van der Waals surface area contributed by atoms with Crippen molar-refractivity contribution in [2.45, 2.75) is 31.9 Å². The Hall–Kier alpha value is -3.09. The van der Waals surface area contributed by atoms with Crippen molar-refractivity contribution in [2.75, 3.05) is 27.9 Å². The standard InChI is InChI=1S/C22H27NO6/c1-22(2)12-19(18-11-14(25-3)6-7-20(18)29-22)23-21(24)13-28-17-9-15(26-4)8-16(10-17)27-5/h6-11,19H,12-13H2,1-5H3,(H,23,24)/t19-/m1/s1. The summed E-state index contributed by atoms with van der Waals surface area (Å²) >= 11 is 0. The molecule has 1 atom stereocenters. The second kappa shape index (κ2) is 8.51. The number of nitrogens with one attached hydrogen (secondary N) is 1. The number of fused-ring (bicyclic) bond motifs is 1. The predicted octanol–water partition coefficient (Wildman–Crippen LogP) is 3.51. The maximum absolute atomic E-state index is 12.6. The van der Waals surface area contributed by atoms with E-state index in [1.165, 1.54) is 0 Å². The quantitative estimate of drug-likeness (QED) is 0.765. The average molecular weight is 401 g/mol. The molecule has 0 spiro atoms. The van der Waals surface area contributed by atoms with E-state index < -0.39 is 5.60 Å². The molecule has 0 aromatic heterocycles. The largest absolute Gasteiger partial charge is 0.497 e. The molecule has 1 amide bonds. The van der Waals surface area contributed by atoms with Crippen LogP contribution in [-0.4, -0.2) is 39.4 Å². The number of hydrogen-bond acceptors (Lipinski definition) is 6. The van der Waals surface area contributed by atoms with E-state index in [4.69, 9.17) is 23.7 Å². The Bertz CT molecular complexity index is 857. The number of hydrogen-bond donors (Lipinski definition) is 1. The molecule has 1 aliphatic heterocycles. The highest BCUT2D eigenvalue weighted by atomic mass is 16.5. The molecule has 156 valence electrons. The molecule has 29 heavy (non-hydrogen) atoms. The monoisotopic (exact) mass is 401 g/mol. The third-order valence-corrected chi connectivity index (χ3v) is 4.70. The number of benzene rings is 2. The van der Waals surface area contributed by atoms with Crippen molar-refractivity contribution in [1.82, 2.24) is 5.32 Å². The van der Waals surface area contributed by atoms with Gasteiger partial charge in [-0.15, -0.1) is 0 Å². The van der Waals surface area contributed by atoms with E-state index in [2.05, 4.69) is 5.32 Å². The molecule has 0 saturated carbocycles. The zero-order chi connectivity index (χ0) is 21.0. The summed E-state index contributed by atoms with van der Waals surface area (Å²) in [6.45, 7) is 3.87. The maximum Gasteiger partial charge on any atom is 0.258 e. The van der Waals surface area contributed by atoms with Gasteiger partial charge in [-0.05, 0) is 32.0 Å². The SMILES string of the molecule is COc1cc(OC)cc(OCC(=O)N[C@@H]2CC(C)(C)Oc3ccc(OC)cc32)c1. The Morgan fingerprint density at radius 1 is 1.00 bits per heavy atom. The molecule has 3 rings (SSSR count). The Morgan fingerprint density at radius 2 is 1.62 bits per heavy atom. The maximum atomic E-state index is 12.6. The zero-order valence-corrected chi connectivity index (χ0v) is 17.4. The highest BCUT2D eigenvalue weighted by Gasteiger charge is 2.34. The molecule has 0 bridgehead atoms. The van der Waals surface area contributed by atoms with E-state index in [0.29, 0.717) is 29.4 Å². The van der Waals surface area contributed by atoms with E-state index in [0.717, 1.165) is 11.3 Å². The van der Waals surface area contributed by atoms with Crippen molar-refractivity contribution in [3.63, 3.8) is 0 Å². The molecule has 2 aromatic rings. The number of carbonyl (C=O) groups is 1. The Morgan fingerprint density at radius 3 is 2.24 bits per heavy atom. The number of methoxy groups -OCH3 is 3. The van der Waals surface area contributed by atoms with Gasteiger partial charge < -0.3 is 29.0 Å². The smallest absolute Gasteiger partial charge is 0.258 e. The van der Waals surface area contributed by atoms with Crippen LogP contribution in [0.1, 0.15) is 31.9 Å². The fourth-order valence-corrected chi connectivity index (χ4v) is 3.34. The normalized spacial score (nSPS) is 16.8. The molecule has 0 unspecified atom stereocenters. The van der Waals surface area contributed by atoms with Crippen LogP contribution in [-0.2, 0) is 4.79 Å². The van der Waals surface area contributed by atoms with Crippen LogP contribution in [0.5, 0.6) is 28.7 Å². The number of rotatable bonds is 7. The average Bonchev–Trinajstić information content (AvgIpc) is 2.71. The second-order valence-electron chi connectivity index (χ2n) is 7.43. The molecule has 0 fully saturated rings. The van der Waals surface area contributed by atoms with Gasteiger partial charge in [0.2, 0.25) is 0 Å². The first-order valence-corrected chi connectivity index (χ1v) is 9.36. The molecular weight excluding hydrogens is 374 g/mol. The highest BCUT2D eigenvalue weighted by molar-refractivity contribution is 5.78. The number of amides is 1. The van der Waals surface area contributed by atoms with Crippen LogP contribution in [0.3, 0.4) is 0 Å². The van der Waals surface area contributed by atoms with Crippen molar-refractivity contribution >= 4 is 5.91 Å². The molecule has 2 aromatic carbocycles. The van der Waals surface area contributed by atoms with Crippen LogP contribution >= 0.6 is 0 Å². The van der Waals surface area contributed by atoms with Gasteiger partial charge >= 0.3 is 0 Å². The lowest BCUT2D eigenvalue weighted by molar-refractivity contribution is -0.124. The fourth-order valence-electron chi connectivity index (χ4n) is 3.34. The van der Waals surface area contributed by atoms with Gasteiger partial charge in [0, 0.05) is 30.2 Å². The van der Waals surface area contributed by atoms with Gasteiger partial charge in [0.15, 0.2) is 6.61 Å². The summed E-state index contributed by atoms with van der Waals surface area (Å²) in [5.74, 6) is 2.89. The number of ether oxygens (including phenoxy) is 5. The van der Waals surface area contributed by atoms with Crippen molar-refractivity contribution in [3.8, 4) is 28.7 Å². The Kier molecular flexibility index (Phi) is 6.06. The van der Waals surface area contributed by atoms with Gasteiger partial charge in [0.25, 0.3) is 5.91 Å². The molecule has 0 radical (unpaired) electrons. The first-order valence-electron chi connectivity index (χ1n) is 9.36. The van der Waals surface area contributed by atoms with Crippen molar-refractivity contribution in [3.05, 3.63) is 42.0 Å². The van der Waals surface area contributed by atoms with Gasteiger partial charge in [-0.2, -0.15) is 0 Å². The molecule has 0 saturated heterocycles. The topological polar surface area (TPSA) is 75.3 Å². The van der Waals surface area contributed by atoms with Gasteiger partial charge in [-0.1, -0.05) is 0 Å². The molecule has 1 aliphatic rings. The summed E-state index contributed by atoms with van der Waals surface area (Å²) < 4.78 is 27.5. The van der Waals surface area contributed by atoms with Gasteiger partial charge in [0.1, 0.15) is 34.3 Å². The summed E-state index contributed by atoms with van der Waals surface area (Å²) in [7, 11) is 4.73. The van der Waals surface area contributed by atoms with Gasteiger partial charge in [-0.3, -0.25) is 4.79 Å². The fraction of sp³-hybridized carbons (Fsp3) is 0.409. The van der Waals surface area contributed by atoms with E-state index in [-0.39, 0.29) is 18.6 Å². The summed E-state index contributed by atoms with van der Waals surface area (Å²) in [4.78, 5) is 12.6. The molecule has 0 aliphatic carbocycles. The van der Waals surface area contributed by atoms with E-state index in [9.17, 15) is 4.79 Å². The second-order valence-corrected chi connectivity index (χ2v) is 7.43. The minimum atomic E-state index is -0.402. The van der Waals surface area contributed by atoms with E-state index in [1.807, 2.05) is 32.0 Å². The lowest BCUT2D eigenvalue weighted by atomic mass is 9.89. The highest BCUT2D eigenvalue weighted by Crippen LogP contribution is 2.41. The first-order chi connectivity index (χ1) is 13.8. The van der Waals surface area contributed by atoms with Crippen LogP contribution in [0.2, 0.25) is 0 Å². The molecule has 1 heterocycles. The molecular formula is C22H27NO6. The first kappa shape index (κ1) is 20.6. The Labute approximate surface area is 170 Å². The molecule has 7 nitrogen and oxygen atoms in total. The van der Waals surface area contributed by atoms with Crippen molar-refractivity contribution in [1.29, 1.82) is 0 Å². The molecule has 1 N–H and O–H groups in total. The summed E-state index contributed by atoms with van der Waals surface area (Å²) in [6, 6.07) is 10.5. The van der Waals surface area contributed by atoms with Crippen LogP contribution < -0.4 is 29.0 Å². The Balaban J connectivity index is 1.71. The summed E-state index contributed by atoms with van der Waals surface area (Å²) in [5.41, 5.74) is 0.487. The van der Waals surface area contributed by atoms with Crippen molar-refractivity contribution in [2.24, 2.45) is 0 Å². The van der Waals surface area contributed by atoms with E-state index >= 15 is 0 Å².